The van der Waals surface area contributed by atoms with Gasteiger partial charge in [-0.2, -0.15) is 0 Å². The minimum absolute atomic E-state index is 0.0368. The Morgan fingerprint density at radius 1 is 1.16 bits per heavy atom. The molecule has 4 rings (SSSR count). The summed E-state index contributed by atoms with van der Waals surface area (Å²) in [5, 5.41) is 0.764. The highest BCUT2D eigenvalue weighted by Crippen LogP contribution is 2.28. The number of carbonyl (C=O) groups is 2. The molecule has 2 heterocycles. The number of hydrogen-bond donors (Lipinski definition) is 0. The Balaban J connectivity index is 1.47. The van der Waals surface area contributed by atoms with Crippen LogP contribution >= 0.6 is 0 Å². The van der Waals surface area contributed by atoms with Crippen LogP contribution in [0.25, 0.3) is 11.0 Å². The van der Waals surface area contributed by atoms with Gasteiger partial charge in [0.2, 0.25) is 5.91 Å². The second-order valence-corrected chi connectivity index (χ2v) is 8.72. The highest BCUT2D eigenvalue weighted by molar-refractivity contribution is 5.87. The summed E-state index contributed by atoms with van der Waals surface area (Å²) in [5.74, 6) is -0.682. The van der Waals surface area contributed by atoms with Gasteiger partial charge in [-0.25, -0.2) is 4.79 Å². The van der Waals surface area contributed by atoms with Gasteiger partial charge in [-0.05, 0) is 41.7 Å². The van der Waals surface area contributed by atoms with Crippen molar-refractivity contribution in [1.82, 2.24) is 4.90 Å². The van der Waals surface area contributed by atoms with Crippen LogP contribution in [-0.2, 0) is 27.5 Å². The maximum absolute atomic E-state index is 12.7. The van der Waals surface area contributed by atoms with Crippen molar-refractivity contribution in [2.45, 2.75) is 46.3 Å². The molecule has 0 bridgehead atoms. The van der Waals surface area contributed by atoms with E-state index < -0.39 is 17.5 Å². The lowest BCUT2D eigenvalue weighted by Gasteiger charge is -2.16. The lowest BCUT2D eigenvalue weighted by Crippen LogP contribution is -2.26. The number of carbonyl (C=O) groups excluding carboxylic acids is 2. The van der Waals surface area contributed by atoms with Crippen molar-refractivity contribution < 1.29 is 18.7 Å². The molecular formula is C26H27NO5. The molecule has 0 spiro atoms. The zero-order valence-electron chi connectivity index (χ0n) is 18.6. The Morgan fingerprint density at radius 3 is 2.62 bits per heavy atom. The predicted octanol–water partition coefficient (Wildman–Crippen LogP) is 4.32. The molecule has 6 heteroatoms. The van der Waals surface area contributed by atoms with E-state index in [1.807, 2.05) is 49.4 Å². The molecule has 1 fully saturated rings. The van der Waals surface area contributed by atoms with Crippen LogP contribution in [0.2, 0.25) is 0 Å². The zero-order valence-corrected chi connectivity index (χ0v) is 18.6. The maximum atomic E-state index is 12.7. The first kappa shape index (κ1) is 21.8. The van der Waals surface area contributed by atoms with Gasteiger partial charge in [0.05, 0.1) is 5.92 Å². The lowest BCUT2D eigenvalue weighted by atomic mass is 9.95. The number of hydrogen-bond acceptors (Lipinski definition) is 5. The van der Waals surface area contributed by atoms with Gasteiger partial charge in [0.1, 0.15) is 12.2 Å². The van der Waals surface area contributed by atoms with Crippen LogP contribution in [-0.4, -0.2) is 23.3 Å². The molecule has 1 amide bonds. The van der Waals surface area contributed by atoms with Gasteiger partial charge in [-0.3, -0.25) is 9.59 Å². The number of esters is 1. The third kappa shape index (κ3) is 4.59. The largest absolute Gasteiger partial charge is 0.461 e. The second kappa shape index (κ2) is 8.99. The molecule has 0 N–H and O–H groups in total. The number of fused-ring (bicyclic) bond motifs is 1. The molecule has 1 aliphatic heterocycles. The fraction of sp³-hybridized carbons (Fsp3) is 0.346. The molecule has 1 atom stereocenters. The van der Waals surface area contributed by atoms with Gasteiger partial charge in [-0.1, -0.05) is 44.2 Å². The van der Waals surface area contributed by atoms with E-state index in [9.17, 15) is 14.4 Å². The van der Waals surface area contributed by atoms with Crippen LogP contribution in [0.4, 0.5) is 0 Å². The fourth-order valence-electron chi connectivity index (χ4n) is 4.29. The molecule has 166 valence electrons. The number of ether oxygens (including phenoxy) is 1. The SMILES string of the molecule is Cc1cc2oc(=O)cc(COC(=O)C3CC(=O)N(Cc4ccccc4)C3)c2cc1C(C)C. The highest BCUT2D eigenvalue weighted by atomic mass is 16.5. The topological polar surface area (TPSA) is 76.8 Å². The molecular weight excluding hydrogens is 406 g/mol. The van der Waals surface area contributed by atoms with Crippen LogP contribution < -0.4 is 5.63 Å². The average molecular weight is 434 g/mol. The second-order valence-electron chi connectivity index (χ2n) is 8.72. The number of amides is 1. The Kier molecular flexibility index (Phi) is 6.12. The third-order valence-electron chi connectivity index (χ3n) is 5.97. The summed E-state index contributed by atoms with van der Waals surface area (Å²) >= 11 is 0. The number of rotatable bonds is 6. The van der Waals surface area contributed by atoms with Crippen LogP contribution in [0.1, 0.15) is 48.4 Å². The molecule has 0 saturated carbocycles. The van der Waals surface area contributed by atoms with E-state index in [1.54, 1.807) is 4.90 Å². The van der Waals surface area contributed by atoms with E-state index in [0.717, 1.165) is 22.1 Å². The van der Waals surface area contributed by atoms with E-state index in [4.69, 9.17) is 9.15 Å². The van der Waals surface area contributed by atoms with Gasteiger partial charge in [0.25, 0.3) is 0 Å². The third-order valence-corrected chi connectivity index (χ3v) is 5.97. The summed E-state index contributed by atoms with van der Waals surface area (Å²) in [4.78, 5) is 38.8. The summed E-state index contributed by atoms with van der Waals surface area (Å²) in [5.41, 5.74) is 3.83. The molecule has 1 unspecified atom stereocenters. The van der Waals surface area contributed by atoms with Crippen molar-refractivity contribution in [3.8, 4) is 0 Å². The van der Waals surface area contributed by atoms with Crippen LogP contribution in [0.15, 0.2) is 57.7 Å². The van der Waals surface area contributed by atoms with E-state index in [0.29, 0.717) is 30.2 Å². The minimum Gasteiger partial charge on any atom is -0.461 e. The van der Waals surface area contributed by atoms with Gasteiger partial charge in [0.15, 0.2) is 0 Å². The Bertz CT molecular complexity index is 1210. The first-order chi connectivity index (χ1) is 15.3. The standard InChI is InChI=1S/C26H27NO5/c1-16(2)21-12-22-20(11-25(29)32-23(22)9-17(21)3)15-31-26(30)19-10-24(28)27(14-19)13-18-7-5-4-6-8-18/h4-9,11-12,16,19H,10,13-15H2,1-3H3. The Hall–Kier alpha value is -3.41. The highest BCUT2D eigenvalue weighted by Gasteiger charge is 2.35. The fourth-order valence-corrected chi connectivity index (χ4v) is 4.29. The van der Waals surface area contributed by atoms with Gasteiger partial charge >= 0.3 is 11.6 Å². The number of benzene rings is 2. The molecule has 1 aromatic heterocycles. The van der Waals surface area contributed by atoms with Crippen LogP contribution in [0.3, 0.4) is 0 Å². The summed E-state index contributed by atoms with van der Waals surface area (Å²) in [6, 6.07) is 14.9. The van der Waals surface area contributed by atoms with Crippen LogP contribution in [0.5, 0.6) is 0 Å². The van der Waals surface area contributed by atoms with Crippen LogP contribution in [0, 0.1) is 12.8 Å². The summed E-state index contributed by atoms with van der Waals surface area (Å²) in [6.45, 7) is 6.97. The number of likely N-dealkylation sites (tertiary alicyclic amines) is 1. The Labute approximate surface area is 186 Å². The number of aryl methyl sites for hydroxylation is 1. The maximum Gasteiger partial charge on any atom is 0.336 e. The number of nitrogens with zero attached hydrogens (tertiary/aromatic N) is 1. The molecule has 32 heavy (non-hydrogen) atoms. The quantitative estimate of drug-likeness (QED) is 0.428. The Morgan fingerprint density at radius 2 is 1.91 bits per heavy atom. The molecule has 1 aliphatic rings. The van der Waals surface area contributed by atoms with E-state index in [2.05, 4.69) is 13.8 Å². The van der Waals surface area contributed by atoms with E-state index in [1.165, 1.54) is 6.07 Å². The normalized spacial score (nSPS) is 16.2. The van der Waals surface area contributed by atoms with Gasteiger partial charge in [-0.15, -0.1) is 0 Å². The monoisotopic (exact) mass is 433 g/mol. The molecule has 0 radical (unpaired) electrons. The van der Waals surface area contributed by atoms with Crippen molar-refractivity contribution in [2.24, 2.45) is 5.92 Å². The molecule has 6 nitrogen and oxygen atoms in total. The summed E-state index contributed by atoms with van der Waals surface area (Å²) < 4.78 is 10.9. The summed E-state index contributed by atoms with van der Waals surface area (Å²) in [7, 11) is 0. The van der Waals surface area contributed by atoms with E-state index in [-0.39, 0.29) is 18.9 Å². The van der Waals surface area contributed by atoms with Crippen molar-refractivity contribution in [3.63, 3.8) is 0 Å². The van der Waals surface area contributed by atoms with Crippen molar-refractivity contribution in [2.75, 3.05) is 6.54 Å². The van der Waals surface area contributed by atoms with Gasteiger partial charge < -0.3 is 14.1 Å². The predicted molar refractivity (Wildman–Crippen MR) is 121 cm³/mol. The smallest absolute Gasteiger partial charge is 0.336 e. The molecule has 0 aliphatic carbocycles. The van der Waals surface area contributed by atoms with Gasteiger partial charge in [0, 0.05) is 36.5 Å². The van der Waals surface area contributed by atoms with E-state index >= 15 is 0 Å². The molecule has 1 saturated heterocycles. The van der Waals surface area contributed by atoms with Crippen molar-refractivity contribution in [3.05, 3.63) is 81.2 Å². The minimum atomic E-state index is -0.508. The first-order valence-electron chi connectivity index (χ1n) is 10.9. The first-order valence-corrected chi connectivity index (χ1v) is 10.9. The lowest BCUT2D eigenvalue weighted by molar-refractivity contribution is -0.149. The molecule has 3 aromatic rings. The van der Waals surface area contributed by atoms with Crippen molar-refractivity contribution >= 4 is 22.8 Å². The van der Waals surface area contributed by atoms with Crippen molar-refractivity contribution in [1.29, 1.82) is 0 Å². The molecule has 2 aromatic carbocycles. The average Bonchev–Trinajstić information content (AvgIpc) is 3.12. The zero-order chi connectivity index (χ0) is 22.8. The summed E-state index contributed by atoms with van der Waals surface area (Å²) in [6.07, 6.45) is 0.139.